The average Bonchev–Trinajstić information content (AvgIpc) is 2.74. The molecule has 0 spiro atoms. The molecule has 1 aliphatic rings. The number of carboxylic acid groups (broad SMARTS) is 1. The van der Waals surface area contributed by atoms with Gasteiger partial charge in [0.15, 0.2) is 5.69 Å². The van der Waals surface area contributed by atoms with Gasteiger partial charge in [0, 0.05) is 29.6 Å². The van der Waals surface area contributed by atoms with Crippen molar-refractivity contribution in [3.8, 4) is 0 Å². The van der Waals surface area contributed by atoms with Crippen molar-refractivity contribution >= 4 is 34.2 Å². The number of carboxylic acids is 1. The van der Waals surface area contributed by atoms with Gasteiger partial charge in [-0.25, -0.2) is 9.78 Å². The normalized spacial score (nSPS) is 17.5. The molecule has 31 heavy (non-hydrogen) atoms. The first-order valence-corrected chi connectivity index (χ1v) is 10.9. The van der Waals surface area contributed by atoms with E-state index in [0.717, 1.165) is 53.8 Å². The van der Waals surface area contributed by atoms with Crippen molar-refractivity contribution in [1.29, 1.82) is 0 Å². The second kappa shape index (κ2) is 8.81. The van der Waals surface area contributed by atoms with Crippen molar-refractivity contribution in [2.75, 3.05) is 18.5 Å². The summed E-state index contributed by atoms with van der Waals surface area (Å²) in [6, 6.07) is 9.53. The van der Waals surface area contributed by atoms with Crippen LogP contribution in [0.1, 0.15) is 64.6 Å². The van der Waals surface area contributed by atoms with Crippen LogP contribution in [-0.4, -0.2) is 34.3 Å². The molecule has 2 aromatic heterocycles. The van der Waals surface area contributed by atoms with Crippen LogP contribution in [0.3, 0.4) is 0 Å². The van der Waals surface area contributed by atoms with E-state index in [9.17, 15) is 9.90 Å². The van der Waals surface area contributed by atoms with Gasteiger partial charge < -0.3 is 15.2 Å². The summed E-state index contributed by atoms with van der Waals surface area (Å²) < 4.78 is 5.71. The second-order valence-electron chi connectivity index (χ2n) is 8.20. The molecule has 3 heterocycles. The van der Waals surface area contributed by atoms with Gasteiger partial charge in [-0.2, -0.15) is 0 Å². The molecule has 0 amide bonds. The van der Waals surface area contributed by atoms with Crippen molar-refractivity contribution in [2.24, 2.45) is 0 Å². The van der Waals surface area contributed by atoms with Gasteiger partial charge in [0.25, 0.3) is 0 Å². The molecular formula is C24H26ClN3O3. The average molecular weight is 440 g/mol. The molecule has 2 N–H and O–H groups in total. The number of rotatable bonds is 5. The number of aromatic carboxylic acids is 1. The molecule has 3 aromatic rings. The highest BCUT2D eigenvalue weighted by Gasteiger charge is 2.22. The van der Waals surface area contributed by atoms with Crippen LogP contribution in [0.2, 0.25) is 5.15 Å². The lowest BCUT2D eigenvalue weighted by molar-refractivity contribution is 0.0691. The topological polar surface area (TPSA) is 84.3 Å². The van der Waals surface area contributed by atoms with Crippen molar-refractivity contribution in [1.82, 2.24) is 9.97 Å². The lowest BCUT2D eigenvalue weighted by Crippen LogP contribution is -2.17. The SMILES string of the molecule is Cc1cc(C(C)Nc2ccc(Cl)nc2C(=O)O)c2cc(C3CCCOC3)c(C)nc2c1. The van der Waals surface area contributed by atoms with Crippen molar-refractivity contribution in [3.05, 3.63) is 63.6 Å². The third-order valence-corrected chi connectivity index (χ3v) is 6.05. The van der Waals surface area contributed by atoms with Gasteiger partial charge in [-0.15, -0.1) is 0 Å². The smallest absolute Gasteiger partial charge is 0.356 e. The lowest BCUT2D eigenvalue weighted by atomic mass is 9.89. The number of anilines is 1. The maximum Gasteiger partial charge on any atom is 0.356 e. The van der Waals surface area contributed by atoms with Crippen LogP contribution < -0.4 is 5.32 Å². The highest BCUT2D eigenvalue weighted by molar-refractivity contribution is 6.29. The largest absolute Gasteiger partial charge is 0.476 e. The van der Waals surface area contributed by atoms with Crippen LogP contribution in [0.25, 0.3) is 10.9 Å². The van der Waals surface area contributed by atoms with Gasteiger partial charge in [0.1, 0.15) is 5.15 Å². The first kappa shape index (κ1) is 21.5. The van der Waals surface area contributed by atoms with Crippen LogP contribution in [-0.2, 0) is 4.74 Å². The number of carbonyl (C=O) groups is 1. The van der Waals surface area contributed by atoms with E-state index in [2.05, 4.69) is 35.4 Å². The molecule has 0 bridgehead atoms. The Kier molecular flexibility index (Phi) is 6.12. The molecule has 4 rings (SSSR count). The molecule has 0 saturated carbocycles. The maximum absolute atomic E-state index is 11.6. The number of nitrogens with zero attached hydrogens (tertiary/aromatic N) is 2. The highest BCUT2D eigenvalue weighted by Crippen LogP contribution is 2.34. The Morgan fingerprint density at radius 2 is 2.06 bits per heavy atom. The number of hydrogen-bond donors (Lipinski definition) is 2. The zero-order chi connectivity index (χ0) is 22.1. The number of nitrogens with one attached hydrogen (secondary N) is 1. The lowest BCUT2D eigenvalue weighted by Gasteiger charge is -2.25. The predicted molar refractivity (Wildman–Crippen MR) is 122 cm³/mol. The van der Waals surface area contributed by atoms with Gasteiger partial charge in [-0.1, -0.05) is 17.7 Å². The molecule has 0 aliphatic carbocycles. The molecule has 1 saturated heterocycles. The number of benzene rings is 1. The van der Waals surface area contributed by atoms with E-state index in [1.165, 1.54) is 5.56 Å². The fraction of sp³-hybridized carbons (Fsp3) is 0.375. The van der Waals surface area contributed by atoms with E-state index in [1.54, 1.807) is 12.1 Å². The molecule has 162 valence electrons. The molecule has 7 heteroatoms. The standard InChI is InChI=1S/C24H26ClN3O3/c1-13-9-18(15(3)26-20-6-7-22(25)28-23(20)24(29)30)19-11-17(14(2)27-21(19)10-13)16-5-4-8-31-12-16/h6-7,9-11,15-16,26H,4-5,8,12H2,1-3H3,(H,29,30). The minimum absolute atomic E-state index is 0.0923. The van der Waals surface area contributed by atoms with Crippen molar-refractivity contribution < 1.29 is 14.6 Å². The maximum atomic E-state index is 11.6. The Hall–Kier alpha value is -2.70. The summed E-state index contributed by atoms with van der Waals surface area (Å²) in [5.74, 6) is -0.773. The van der Waals surface area contributed by atoms with Crippen LogP contribution in [0.5, 0.6) is 0 Å². The Labute approximate surface area is 186 Å². The predicted octanol–water partition coefficient (Wildman–Crippen LogP) is 5.67. The number of halogens is 1. The Bertz CT molecular complexity index is 1140. The molecule has 1 aromatic carbocycles. The fourth-order valence-corrected chi connectivity index (χ4v) is 4.49. The van der Waals surface area contributed by atoms with Crippen LogP contribution in [0, 0.1) is 13.8 Å². The first-order chi connectivity index (χ1) is 14.8. The summed E-state index contributed by atoms with van der Waals surface area (Å²) >= 11 is 5.90. The molecule has 0 radical (unpaired) electrons. The summed E-state index contributed by atoms with van der Waals surface area (Å²) in [5, 5.41) is 14.0. The van der Waals surface area contributed by atoms with Gasteiger partial charge in [-0.05, 0) is 74.6 Å². The van der Waals surface area contributed by atoms with Crippen LogP contribution in [0.15, 0.2) is 30.3 Å². The molecular weight excluding hydrogens is 414 g/mol. The van der Waals surface area contributed by atoms with Gasteiger partial charge >= 0.3 is 5.97 Å². The Balaban J connectivity index is 1.76. The van der Waals surface area contributed by atoms with E-state index in [4.69, 9.17) is 21.3 Å². The Morgan fingerprint density at radius 1 is 1.26 bits per heavy atom. The molecule has 1 fully saturated rings. The molecule has 1 aliphatic heterocycles. The number of ether oxygens (including phenoxy) is 1. The highest BCUT2D eigenvalue weighted by atomic mass is 35.5. The molecule has 6 nitrogen and oxygen atoms in total. The summed E-state index contributed by atoms with van der Waals surface area (Å²) in [6.07, 6.45) is 2.16. The summed E-state index contributed by atoms with van der Waals surface area (Å²) in [6.45, 7) is 7.66. The van der Waals surface area contributed by atoms with Crippen molar-refractivity contribution in [2.45, 2.75) is 45.6 Å². The van der Waals surface area contributed by atoms with E-state index < -0.39 is 5.97 Å². The quantitative estimate of drug-likeness (QED) is 0.498. The van der Waals surface area contributed by atoms with Gasteiger partial charge in [-0.3, -0.25) is 4.98 Å². The number of fused-ring (bicyclic) bond motifs is 1. The molecule has 2 unspecified atom stereocenters. The Morgan fingerprint density at radius 3 is 2.77 bits per heavy atom. The first-order valence-electron chi connectivity index (χ1n) is 10.5. The summed E-state index contributed by atoms with van der Waals surface area (Å²) in [7, 11) is 0. The van der Waals surface area contributed by atoms with E-state index in [1.807, 2.05) is 13.8 Å². The minimum atomic E-state index is -1.12. The second-order valence-corrected chi connectivity index (χ2v) is 8.59. The third-order valence-electron chi connectivity index (χ3n) is 5.84. The zero-order valence-corrected chi connectivity index (χ0v) is 18.7. The summed E-state index contributed by atoms with van der Waals surface area (Å²) in [4.78, 5) is 20.5. The number of aromatic nitrogens is 2. The van der Waals surface area contributed by atoms with Crippen LogP contribution in [0.4, 0.5) is 5.69 Å². The minimum Gasteiger partial charge on any atom is -0.476 e. The fourth-order valence-electron chi connectivity index (χ4n) is 4.34. The number of hydrogen-bond acceptors (Lipinski definition) is 5. The number of pyridine rings is 2. The third kappa shape index (κ3) is 4.50. The van der Waals surface area contributed by atoms with Gasteiger partial charge in [0.05, 0.1) is 17.8 Å². The van der Waals surface area contributed by atoms with Crippen molar-refractivity contribution in [3.63, 3.8) is 0 Å². The monoisotopic (exact) mass is 439 g/mol. The van der Waals surface area contributed by atoms with E-state index in [0.29, 0.717) is 11.6 Å². The molecule has 2 atom stereocenters. The zero-order valence-electron chi connectivity index (χ0n) is 17.9. The van der Waals surface area contributed by atoms with E-state index in [-0.39, 0.29) is 16.9 Å². The number of aryl methyl sites for hydroxylation is 2. The van der Waals surface area contributed by atoms with Gasteiger partial charge in [0.2, 0.25) is 0 Å². The van der Waals surface area contributed by atoms with E-state index >= 15 is 0 Å². The van der Waals surface area contributed by atoms with Crippen LogP contribution >= 0.6 is 11.6 Å². The summed E-state index contributed by atoms with van der Waals surface area (Å²) in [5.41, 5.74) is 5.70.